The zero-order valence-corrected chi connectivity index (χ0v) is 18.1. The molecule has 10 heteroatoms. The van der Waals surface area contributed by atoms with Crippen LogP contribution in [0.5, 0.6) is 0 Å². The SMILES string of the molecule is Cc1ccc(Br)c(NS(=O)(=O)c2ccc(Cl)c(C(=O)NC3=NCCS3)c2)c1. The molecular weight excluding hydrogens is 474 g/mol. The molecule has 142 valence electrons. The molecule has 2 N–H and O–H groups in total. The molecule has 0 aromatic heterocycles. The largest absolute Gasteiger partial charge is 0.301 e. The summed E-state index contributed by atoms with van der Waals surface area (Å²) in [4.78, 5) is 16.5. The van der Waals surface area contributed by atoms with Gasteiger partial charge in [-0.3, -0.25) is 14.5 Å². The lowest BCUT2D eigenvalue weighted by molar-refractivity contribution is 0.0978. The molecule has 1 amide bonds. The minimum absolute atomic E-state index is 0.0635. The average Bonchev–Trinajstić information content (AvgIpc) is 3.11. The van der Waals surface area contributed by atoms with Crippen molar-refractivity contribution in [2.24, 2.45) is 4.99 Å². The van der Waals surface area contributed by atoms with Gasteiger partial charge in [0.05, 0.1) is 27.7 Å². The second-order valence-corrected chi connectivity index (χ2v) is 9.75. The Morgan fingerprint density at radius 2 is 2.04 bits per heavy atom. The molecule has 0 saturated carbocycles. The highest BCUT2D eigenvalue weighted by Crippen LogP contribution is 2.27. The topological polar surface area (TPSA) is 87.6 Å². The van der Waals surface area contributed by atoms with Gasteiger partial charge in [-0.25, -0.2) is 8.42 Å². The van der Waals surface area contributed by atoms with Crippen molar-refractivity contribution in [1.29, 1.82) is 0 Å². The standard InChI is InChI=1S/C17H15BrClN3O3S2/c1-10-2-4-13(18)15(8-10)22-27(24,25)11-3-5-14(19)12(9-11)16(23)21-17-20-6-7-26-17/h2-5,8-9,22H,6-7H2,1H3,(H,20,21,23). The Morgan fingerprint density at radius 1 is 1.26 bits per heavy atom. The number of anilines is 1. The molecule has 0 bridgehead atoms. The van der Waals surface area contributed by atoms with E-state index in [0.717, 1.165) is 11.3 Å². The van der Waals surface area contributed by atoms with Gasteiger partial charge in [0, 0.05) is 10.2 Å². The van der Waals surface area contributed by atoms with Crippen molar-refractivity contribution in [1.82, 2.24) is 5.32 Å². The van der Waals surface area contributed by atoms with E-state index >= 15 is 0 Å². The first-order chi connectivity index (χ1) is 12.8. The number of thioether (sulfide) groups is 1. The molecule has 0 aliphatic carbocycles. The van der Waals surface area contributed by atoms with Crippen LogP contribution in [0, 0.1) is 6.92 Å². The Hall–Kier alpha value is -1.55. The Labute approximate surface area is 175 Å². The van der Waals surface area contributed by atoms with E-state index in [1.807, 2.05) is 13.0 Å². The summed E-state index contributed by atoms with van der Waals surface area (Å²) in [6.45, 7) is 2.50. The predicted molar refractivity (Wildman–Crippen MR) is 113 cm³/mol. The molecule has 0 radical (unpaired) electrons. The molecule has 1 heterocycles. The molecule has 6 nitrogen and oxygen atoms in total. The van der Waals surface area contributed by atoms with Gasteiger partial charge in [0.1, 0.15) is 0 Å². The van der Waals surface area contributed by atoms with Crippen LogP contribution in [0.3, 0.4) is 0 Å². The van der Waals surface area contributed by atoms with Gasteiger partial charge in [-0.05, 0) is 58.7 Å². The molecule has 1 aliphatic heterocycles. The van der Waals surface area contributed by atoms with Gasteiger partial charge in [-0.15, -0.1) is 0 Å². The number of aliphatic imine (C=N–C) groups is 1. The third-order valence-corrected chi connectivity index (χ3v) is 6.94. The van der Waals surface area contributed by atoms with E-state index in [1.165, 1.54) is 30.0 Å². The first-order valence-corrected chi connectivity index (χ1v) is 11.5. The molecule has 2 aromatic rings. The van der Waals surface area contributed by atoms with Crippen LogP contribution in [-0.4, -0.2) is 31.8 Å². The summed E-state index contributed by atoms with van der Waals surface area (Å²) in [6, 6.07) is 9.32. The zero-order valence-electron chi connectivity index (χ0n) is 14.1. The number of hydrogen-bond donors (Lipinski definition) is 2. The van der Waals surface area contributed by atoms with Gasteiger partial charge in [0.25, 0.3) is 15.9 Å². The Kier molecular flexibility index (Phi) is 6.15. The number of halogens is 2. The average molecular weight is 489 g/mol. The fourth-order valence-electron chi connectivity index (χ4n) is 2.34. The summed E-state index contributed by atoms with van der Waals surface area (Å²) in [5.41, 5.74) is 1.38. The van der Waals surface area contributed by atoms with E-state index in [0.29, 0.717) is 21.9 Å². The van der Waals surface area contributed by atoms with Crippen LogP contribution in [-0.2, 0) is 10.0 Å². The van der Waals surface area contributed by atoms with E-state index in [2.05, 4.69) is 31.0 Å². The van der Waals surface area contributed by atoms with Crippen LogP contribution in [0.15, 0.2) is 50.8 Å². The van der Waals surface area contributed by atoms with Gasteiger partial charge in [0.2, 0.25) is 0 Å². The van der Waals surface area contributed by atoms with Crippen molar-refractivity contribution < 1.29 is 13.2 Å². The van der Waals surface area contributed by atoms with E-state index in [-0.39, 0.29) is 15.5 Å². The maximum Gasteiger partial charge on any atom is 0.261 e. The zero-order chi connectivity index (χ0) is 19.6. The lowest BCUT2D eigenvalue weighted by atomic mass is 10.2. The first kappa shape index (κ1) is 20.2. The maximum atomic E-state index is 12.8. The number of aryl methyl sites for hydroxylation is 1. The number of amidine groups is 1. The van der Waals surface area contributed by atoms with E-state index in [4.69, 9.17) is 11.6 Å². The van der Waals surface area contributed by atoms with Crippen LogP contribution < -0.4 is 10.0 Å². The van der Waals surface area contributed by atoms with Crippen LogP contribution >= 0.6 is 39.3 Å². The third-order valence-electron chi connectivity index (χ3n) is 3.66. The van der Waals surface area contributed by atoms with Gasteiger partial charge < -0.3 is 5.32 Å². The van der Waals surface area contributed by atoms with Gasteiger partial charge in [-0.2, -0.15) is 0 Å². The summed E-state index contributed by atoms with van der Waals surface area (Å²) in [7, 11) is -3.91. The monoisotopic (exact) mass is 487 g/mol. The number of carbonyl (C=O) groups excluding carboxylic acids is 1. The summed E-state index contributed by atoms with van der Waals surface area (Å²) in [5.74, 6) is 0.300. The molecule has 2 aromatic carbocycles. The molecule has 0 unspecified atom stereocenters. The Balaban J connectivity index is 1.89. The normalized spacial score (nSPS) is 14.0. The van der Waals surface area contributed by atoms with Crippen LogP contribution in [0.25, 0.3) is 0 Å². The van der Waals surface area contributed by atoms with Crippen molar-refractivity contribution in [3.63, 3.8) is 0 Å². The summed E-state index contributed by atoms with van der Waals surface area (Å²) < 4.78 is 28.7. The lowest BCUT2D eigenvalue weighted by Crippen LogP contribution is -2.28. The lowest BCUT2D eigenvalue weighted by Gasteiger charge is -2.12. The van der Waals surface area contributed by atoms with E-state index in [1.54, 1.807) is 12.1 Å². The van der Waals surface area contributed by atoms with Gasteiger partial charge >= 0.3 is 0 Å². The molecule has 27 heavy (non-hydrogen) atoms. The Bertz CT molecular complexity index is 1040. The van der Waals surface area contributed by atoms with Crippen molar-refractivity contribution in [3.05, 3.63) is 57.0 Å². The van der Waals surface area contributed by atoms with Gasteiger partial charge in [0.15, 0.2) is 5.17 Å². The van der Waals surface area contributed by atoms with Crippen molar-refractivity contribution in [2.45, 2.75) is 11.8 Å². The van der Waals surface area contributed by atoms with Crippen LogP contribution in [0.4, 0.5) is 5.69 Å². The fourth-order valence-corrected chi connectivity index (χ4v) is 4.84. The highest BCUT2D eigenvalue weighted by molar-refractivity contribution is 9.10. The second kappa shape index (κ2) is 8.22. The number of benzene rings is 2. The number of sulfonamides is 1. The molecule has 0 spiro atoms. The summed E-state index contributed by atoms with van der Waals surface area (Å²) in [6.07, 6.45) is 0. The molecular formula is C17H15BrClN3O3S2. The van der Waals surface area contributed by atoms with Crippen molar-refractivity contribution in [3.8, 4) is 0 Å². The number of carbonyl (C=O) groups is 1. The van der Waals surface area contributed by atoms with E-state index < -0.39 is 15.9 Å². The molecule has 0 saturated heterocycles. The number of rotatable bonds is 4. The number of nitrogens with one attached hydrogen (secondary N) is 2. The van der Waals surface area contributed by atoms with Crippen LogP contribution in [0.1, 0.15) is 15.9 Å². The minimum atomic E-state index is -3.91. The Morgan fingerprint density at radius 3 is 2.74 bits per heavy atom. The predicted octanol–water partition coefficient (Wildman–Crippen LogP) is 4.04. The smallest absolute Gasteiger partial charge is 0.261 e. The number of hydrogen-bond acceptors (Lipinski definition) is 5. The van der Waals surface area contributed by atoms with E-state index in [9.17, 15) is 13.2 Å². The minimum Gasteiger partial charge on any atom is -0.301 e. The molecule has 1 aliphatic rings. The molecule has 0 fully saturated rings. The molecule has 0 atom stereocenters. The summed E-state index contributed by atoms with van der Waals surface area (Å²) >= 11 is 10.9. The van der Waals surface area contributed by atoms with Crippen molar-refractivity contribution in [2.75, 3.05) is 17.0 Å². The van der Waals surface area contributed by atoms with Crippen LogP contribution in [0.2, 0.25) is 5.02 Å². The quantitative estimate of drug-likeness (QED) is 0.680. The second-order valence-electron chi connectivity index (χ2n) is 5.72. The number of nitrogens with zero attached hydrogens (tertiary/aromatic N) is 1. The number of amides is 1. The van der Waals surface area contributed by atoms with Crippen molar-refractivity contribution >= 4 is 66.1 Å². The third kappa shape index (κ3) is 4.84. The highest BCUT2D eigenvalue weighted by atomic mass is 79.9. The maximum absolute atomic E-state index is 12.8. The molecule has 3 rings (SSSR count). The highest BCUT2D eigenvalue weighted by Gasteiger charge is 2.21. The fraction of sp³-hybridized carbons (Fsp3) is 0.176. The summed E-state index contributed by atoms with van der Waals surface area (Å²) in [5, 5.41) is 3.31. The van der Waals surface area contributed by atoms with Gasteiger partial charge in [-0.1, -0.05) is 29.4 Å². The first-order valence-electron chi connectivity index (χ1n) is 7.83.